The molecule has 0 radical (unpaired) electrons. The third-order valence-electron chi connectivity index (χ3n) is 3.50. The van der Waals surface area contributed by atoms with E-state index in [1.165, 1.54) is 0 Å². The molecule has 0 aromatic heterocycles. The SMILES string of the molecule is CCCOc1ccc(CN)c(OCCN2CCOCC2)c1. The Hall–Kier alpha value is -1.30. The Bertz CT molecular complexity index is 420. The maximum Gasteiger partial charge on any atom is 0.127 e. The molecule has 5 heteroatoms. The second kappa shape index (κ2) is 8.87. The van der Waals surface area contributed by atoms with E-state index in [0.717, 1.165) is 62.9 Å². The third kappa shape index (κ3) is 5.19. The van der Waals surface area contributed by atoms with E-state index < -0.39 is 0 Å². The average Bonchev–Trinajstić information content (AvgIpc) is 2.54. The average molecular weight is 294 g/mol. The fraction of sp³-hybridized carbons (Fsp3) is 0.625. The van der Waals surface area contributed by atoms with Crippen LogP contribution in [0.15, 0.2) is 18.2 Å². The van der Waals surface area contributed by atoms with E-state index in [9.17, 15) is 0 Å². The molecule has 1 fully saturated rings. The molecule has 118 valence electrons. The van der Waals surface area contributed by atoms with Gasteiger partial charge < -0.3 is 19.9 Å². The summed E-state index contributed by atoms with van der Waals surface area (Å²) in [5, 5.41) is 0. The van der Waals surface area contributed by atoms with E-state index >= 15 is 0 Å². The molecule has 0 aliphatic carbocycles. The highest BCUT2D eigenvalue weighted by Crippen LogP contribution is 2.25. The van der Waals surface area contributed by atoms with Crippen molar-refractivity contribution >= 4 is 0 Å². The van der Waals surface area contributed by atoms with Gasteiger partial charge in [0.15, 0.2) is 0 Å². The van der Waals surface area contributed by atoms with Crippen molar-refractivity contribution in [2.45, 2.75) is 19.9 Å². The lowest BCUT2D eigenvalue weighted by molar-refractivity contribution is 0.0322. The van der Waals surface area contributed by atoms with Crippen LogP contribution in [0.2, 0.25) is 0 Å². The van der Waals surface area contributed by atoms with Crippen molar-refractivity contribution in [2.24, 2.45) is 5.73 Å². The highest BCUT2D eigenvalue weighted by Gasteiger charge is 2.11. The van der Waals surface area contributed by atoms with Crippen LogP contribution in [-0.2, 0) is 11.3 Å². The molecule has 2 rings (SSSR count). The minimum atomic E-state index is 0.473. The van der Waals surface area contributed by atoms with Crippen LogP contribution in [0, 0.1) is 0 Å². The summed E-state index contributed by atoms with van der Waals surface area (Å²) in [6.07, 6.45) is 0.992. The number of benzene rings is 1. The van der Waals surface area contributed by atoms with Gasteiger partial charge in [-0.3, -0.25) is 4.90 Å². The van der Waals surface area contributed by atoms with Crippen molar-refractivity contribution in [3.63, 3.8) is 0 Å². The second-order valence-electron chi connectivity index (χ2n) is 5.12. The Morgan fingerprint density at radius 3 is 2.71 bits per heavy atom. The van der Waals surface area contributed by atoms with Crippen LogP contribution >= 0.6 is 0 Å². The summed E-state index contributed by atoms with van der Waals surface area (Å²) in [7, 11) is 0. The summed E-state index contributed by atoms with van der Waals surface area (Å²) >= 11 is 0. The Labute approximate surface area is 127 Å². The van der Waals surface area contributed by atoms with E-state index in [2.05, 4.69) is 11.8 Å². The van der Waals surface area contributed by atoms with E-state index in [1.807, 2.05) is 18.2 Å². The molecule has 0 atom stereocenters. The Kier molecular flexibility index (Phi) is 6.79. The van der Waals surface area contributed by atoms with E-state index in [-0.39, 0.29) is 0 Å². The van der Waals surface area contributed by atoms with Gasteiger partial charge in [0.2, 0.25) is 0 Å². The van der Waals surface area contributed by atoms with Gasteiger partial charge in [0, 0.05) is 37.8 Å². The van der Waals surface area contributed by atoms with E-state index in [0.29, 0.717) is 13.2 Å². The predicted molar refractivity (Wildman–Crippen MR) is 82.9 cm³/mol. The predicted octanol–water partition coefficient (Wildman–Crippen LogP) is 1.65. The second-order valence-corrected chi connectivity index (χ2v) is 5.12. The topological polar surface area (TPSA) is 57.0 Å². The normalized spacial score (nSPS) is 15.9. The Balaban J connectivity index is 1.87. The zero-order valence-electron chi connectivity index (χ0n) is 12.8. The van der Waals surface area contributed by atoms with Gasteiger partial charge >= 0.3 is 0 Å². The minimum absolute atomic E-state index is 0.473. The first-order chi connectivity index (χ1) is 10.3. The van der Waals surface area contributed by atoms with Crippen molar-refractivity contribution in [2.75, 3.05) is 46.1 Å². The van der Waals surface area contributed by atoms with E-state index in [1.54, 1.807) is 0 Å². The Morgan fingerprint density at radius 1 is 1.19 bits per heavy atom. The summed E-state index contributed by atoms with van der Waals surface area (Å²) in [5.41, 5.74) is 6.78. The Morgan fingerprint density at radius 2 is 2.00 bits per heavy atom. The van der Waals surface area contributed by atoms with Crippen molar-refractivity contribution in [1.82, 2.24) is 4.90 Å². The molecule has 1 heterocycles. The molecule has 0 amide bonds. The lowest BCUT2D eigenvalue weighted by Crippen LogP contribution is -2.38. The first-order valence-electron chi connectivity index (χ1n) is 7.72. The van der Waals surface area contributed by atoms with Crippen LogP contribution in [0.1, 0.15) is 18.9 Å². The zero-order valence-corrected chi connectivity index (χ0v) is 12.8. The monoisotopic (exact) mass is 294 g/mol. The van der Waals surface area contributed by atoms with Crippen LogP contribution in [0.25, 0.3) is 0 Å². The smallest absolute Gasteiger partial charge is 0.127 e. The number of nitrogens with zero attached hydrogens (tertiary/aromatic N) is 1. The van der Waals surface area contributed by atoms with Crippen molar-refractivity contribution in [3.8, 4) is 11.5 Å². The molecule has 0 spiro atoms. The van der Waals surface area contributed by atoms with Gasteiger partial charge in [0.1, 0.15) is 18.1 Å². The number of hydrogen-bond donors (Lipinski definition) is 1. The molecule has 0 bridgehead atoms. The largest absolute Gasteiger partial charge is 0.493 e. The summed E-state index contributed by atoms with van der Waals surface area (Å²) < 4.78 is 16.9. The summed E-state index contributed by atoms with van der Waals surface area (Å²) in [6, 6.07) is 5.87. The standard InChI is InChI=1S/C16H26N2O3/c1-2-8-20-15-4-3-14(13-17)16(12-15)21-11-7-18-5-9-19-10-6-18/h3-4,12H,2,5-11,13,17H2,1H3. The van der Waals surface area contributed by atoms with Crippen LogP contribution in [0.5, 0.6) is 11.5 Å². The van der Waals surface area contributed by atoms with Gasteiger partial charge in [-0.15, -0.1) is 0 Å². The van der Waals surface area contributed by atoms with Crippen LogP contribution in [-0.4, -0.2) is 51.0 Å². The molecule has 1 saturated heterocycles. The number of hydrogen-bond acceptors (Lipinski definition) is 5. The molecular formula is C16H26N2O3. The molecule has 0 saturated carbocycles. The number of rotatable bonds is 8. The van der Waals surface area contributed by atoms with Gasteiger partial charge in [-0.1, -0.05) is 13.0 Å². The molecule has 1 aromatic rings. The van der Waals surface area contributed by atoms with Crippen LogP contribution in [0.3, 0.4) is 0 Å². The highest BCUT2D eigenvalue weighted by atomic mass is 16.5. The molecule has 1 aromatic carbocycles. The number of ether oxygens (including phenoxy) is 3. The van der Waals surface area contributed by atoms with Crippen LogP contribution < -0.4 is 15.2 Å². The summed E-state index contributed by atoms with van der Waals surface area (Å²) in [6.45, 7) is 8.43. The summed E-state index contributed by atoms with van der Waals surface area (Å²) in [4.78, 5) is 2.35. The fourth-order valence-electron chi connectivity index (χ4n) is 2.26. The van der Waals surface area contributed by atoms with Gasteiger partial charge in [0.25, 0.3) is 0 Å². The van der Waals surface area contributed by atoms with Crippen molar-refractivity contribution in [1.29, 1.82) is 0 Å². The maximum atomic E-state index is 5.91. The van der Waals surface area contributed by atoms with Crippen molar-refractivity contribution < 1.29 is 14.2 Å². The first kappa shape index (κ1) is 16.1. The van der Waals surface area contributed by atoms with E-state index in [4.69, 9.17) is 19.9 Å². The molecule has 5 nitrogen and oxygen atoms in total. The third-order valence-corrected chi connectivity index (χ3v) is 3.50. The molecule has 2 N–H and O–H groups in total. The maximum absolute atomic E-state index is 5.91. The van der Waals surface area contributed by atoms with Gasteiger partial charge in [-0.25, -0.2) is 0 Å². The quantitative estimate of drug-likeness (QED) is 0.790. The molecule has 21 heavy (non-hydrogen) atoms. The summed E-state index contributed by atoms with van der Waals surface area (Å²) in [5.74, 6) is 1.68. The highest BCUT2D eigenvalue weighted by molar-refractivity contribution is 5.40. The molecule has 1 aliphatic heterocycles. The lowest BCUT2D eigenvalue weighted by atomic mass is 10.2. The minimum Gasteiger partial charge on any atom is -0.493 e. The molecular weight excluding hydrogens is 268 g/mol. The number of nitrogens with two attached hydrogens (primary N) is 1. The molecule has 1 aliphatic rings. The van der Waals surface area contributed by atoms with Crippen molar-refractivity contribution in [3.05, 3.63) is 23.8 Å². The van der Waals surface area contributed by atoms with Crippen LogP contribution in [0.4, 0.5) is 0 Å². The fourth-order valence-corrected chi connectivity index (χ4v) is 2.26. The zero-order chi connectivity index (χ0) is 14.9. The van der Waals surface area contributed by atoms with Gasteiger partial charge in [-0.2, -0.15) is 0 Å². The van der Waals surface area contributed by atoms with Gasteiger partial charge in [-0.05, 0) is 12.5 Å². The molecule has 0 unspecified atom stereocenters. The lowest BCUT2D eigenvalue weighted by Gasteiger charge is -2.26. The first-order valence-corrected chi connectivity index (χ1v) is 7.72. The van der Waals surface area contributed by atoms with Gasteiger partial charge in [0.05, 0.1) is 19.8 Å². The number of morpholine rings is 1.